The molecule has 0 bridgehead atoms. The number of carbonyl (C=O) groups excluding carboxylic acids is 1. The van der Waals surface area contributed by atoms with Crippen LogP contribution in [0, 0.1) is 0 Å². The SMILES string of the molecule is COP(=O)([O-])/C(O)=C\C(=O)c1cn(Cc2ccccc2)c(=O)n(Cc2ccccc2)c1=O.[Na+]. The third-order valence-corrected chi connectivity index (χ3v) is 5.83. The van der Waals surface area contributed by atoms with Gasteiger partial charge in [0.15, 0.2) is 18.9 Å². The van der Waals surface area contributed by atoms with Crippen LogP contribution in [0.4, 0.5) is 0 Å². The largest absolute Gasteiger partial charge is 1.00 e. The van der Waals surface area contributed by atoms with Gasteiger partial charge < -0.3 is 19.1 Å². The van der Waals surface area contributed by atoms with Crippen molar-refractivity contribution in [1.29, 1.82) is 0 Å². The Morgan fingerprint density at radius 1 is 1.03 bits per heavy atom. The zero-order chi connectivity index (χ0) is 23.3. The van der Waals surface area contributed by atoms with Crippen molar-refractivity contribution >= 4 is 13.4 Å². The van der Waals surface area contributed by atoms with Gasteiger partial charge in [-0.05, 0) is 11.1 Å². The summed E-state index contributed by atoms with van der Waals surface area (Å²) in [7, 11) is -4.00. The molecule has 0 amide bonds. The molecule has 1 aromatic heterocycles. The molecule has 11 heteroatoms. The van der Waals surface area contributed by atoms with E-state index >= 15 is 0 Å². The molecule has 166 valence electrons. The second-order valence-electron chi connectivity index (χ2n) is 6.86. The topological polar surface area (TPSA) is 131 Å². The van der Waals surface area contributed by atoms with Crippen LogP contribution in [0.3, 0.4) is 0 Å². The van der Waals surface area contributed by atoms with Gasteiger partial charge in [-0.15, -0.1) is 0 Å². The Balaban J connectivity index is 0.00000385. The second kappa shape index (κ2) is 11.6. The van der Waals surface area contributed by atoms with Crippen molar-refractivity contribution in [2.45, 2.75) is 13.1 Å². The zero-order valence-electron chi connectivity index (χ0n) is 18.1. The molecule has 1 heterocycles. The minimum Gasteiger partial charge on any atom is -0.773 e. The molecule has 0 saturated heterocycles. The molecule has 0 aliphatic heterocycles. The Bertz CT molecular complexity index is 1320. The molecular weight excluding hydrogens is 458 g/mol. The van der Waals surface area contributed by atoms with E-state index in [-0.39, 0.29) is 42.6 Å². The molecule has 1 N–H and O–H groups in total. The molecule has 0 fully saturated rings. The molecule has 9 nitrogen and oxygen atoms in total. The van der Waals surface area contributed by atoms with Crippen LogP contribution in [-0.4, -0.2) is 27.1 Å². The minimum atomic E-state index is -4.83. The van der Waals surface area contributed by atoms with Gasteiger partial charge in [0.2, 0.25) is 0 Å². The molecule has 0 saturated carbocycles. The van der Waals surface area contributed by atoms with Gasteiger partial charge in [-0.1, -0.05) is 60.7 Å². The van der Waals surface area contributed by atoms with Crippen LogP contribution in [-0.2, 0) is 22.2 Å². The van der Waals surface area contributed by atoms with Crippen LogP contribution in [0.25, 0.3) is 0 Å². The van der Waals surface area contributed by atoms with E-state index in [1.807, 2.05) is 6.07 Å². The summed E-state index contributed by atoms with van der Waals surface area (Å²) < 4.78 is 17.9. The molecule has 3 rings (SSSR count). The average Bonchev–Trinajstić information content (AvgIpc) is 2.79. The van der Waals surface area contributed by atoms with Gasteiger partial charge in [0.25, 0.3) is 5.56 Å². The fourth-order valence-corrected chi connectivity index (χ4v) is 3.45. The van der Waals surface area contributed by atoms with Gasteiger partial charge in [-0.25, -0.2) is 4.79 Å². The molecule has 1 atom stereocenters. The first-order valence-electron chi connectivity index (χ1n) is 9.47. The molecule has 2 aromatic carbocycles. The van der Waals surface area contributed by atoms with Gasteiger partial charge in [0.05, 0.1) is 13.1 Å². The third-order valence-electron chi connectivity index (χ3n) is 4.66. The summed E-state index contributed by atoms with van der Waals surface area (Å²) >= 11 is 0. The maximum atomic E-state index is 13.0. The predicted octanol–water partition coefficient (Wildman–Crippen LogP) is -1.11. The van der Waals surface area contributed by atoms with E-state index in [0.717, 1.165) is 23.4 Å². The number of hydrogen-bond donors (Lipinski definition) is 1. The number of benzene rings is 2. The van der Waals surface area contributed by atoms with Crippen molar-refractivity contribution in [1.82, 2.24) is 9.13 Å². The Hall–Kier alpha value is -2.52. The molecule has 3 aromatic rings. The summed E-state index contributed by atoms with van der Waals surface area (Å²) in [5.74, 6) is -1.08. The Kier molecular flexibility index (Phi) is 9.36. The number of carbonyl (C=O) groups is 1. The van der Waals surface area contributed by atoms with Crippen molar-refractivity contribution in [3.05, 3.63) is 116 Å². The first-order chi connectivity index (χ1) is 15.2. The number of allylic oxidation sites excluding steroid dienone is 1. The molecule has 33 heavy (non-hydrogen) atoms. The third kappa shape index (κ3) is 6.51. The van der Waals surface area contributed by atoms with Crippen LogP contribution >= 0.6 is 7.60 Å². The van der Waals surface area contributed by atoms with Gasteiger partial charge in [-0.3, -0.25) is 18.7 Å². The number of nitrogens with zero attached hydrogens (tertiary/aromatic N) is 2. The smallest absolute Gasteiger partial charge is 0.773 e. The average molecular weight is 478 g/mol. The van der Waals surface area contributed by atoms with Crippen LogP contribution in [0.5, 0.6) is 0 Å². The number of rotatable bonds is 8. The summed E-state index contributed by atoms with van der Waals surface area (Å²) in [6.45, 7) is -0.0227. The van der Waals surface area contributed by atoms with Gasteiger partial charge >= 0.3 is 35.2 Å². The number of aliphatic hydroxyl groups excluding tert-OH is 1. The molecule has 0 aliphatic rings. The van der Waals surface area contributed by atoms with Crippen LogP contribution < -0.4 is 45.7 Å². The van der Waals surface area contributed by atoms with Gasteiger partial charge in [-0.2, -0.15) is 0 Å². The first kappa shape index (κ1) is 26.7. The normalized spacial score (nSPS) is 13.1. The minimum absolute atomic E-state index is 0. The summed E-state index contributed by atoms with van der Waals surface area (Å²) in [6.07, 6.45) is 1.45. The Labute approximate surface area is 211 Å². The van der Waals surface area contributed by atoms with E-state index in [1.165, 1.54) is 4.57 Å². The predicted molar refractivity (Wildman–Crippen MR) is 116 cm³/mol. The maximum Gasteiger partial charge on any atom is 1.00 e. The number of hydrogen-bond acceptors (Lipinski definition) is 7. The van der Waals surface area contributed by atoms with Crippen LogP contribution in [0.15, 0.2) is 88.0 Å². The molecule has 0 aliphatic carbocycles. The van der Waals surface area contributed by atoms with E-state index in [2.05, 4.69) is 4.52 Å². The second-order valence-corrected chi connectivity index (χ2v) is 8.68. The van der Waals surface area contributed by atoms with Crippen LogP contribution in [0.1, 0.15) is 21.5 Å². The van der Waals surface area contributed by atoms with E-state index in [1.54, 1.807) is 54.6 Å². The summed E-state index contributed by atoms with van der Waals surface area (Å²) in [4.78, 5) is 50.3. The van der Waals surface area contributed by atoms with E-state index in [0.29, 0.717) is 11.6 Å². The molecule has 1 unspecified atom stereocenters. The van der Waals surface area contributed by atoms with Crippen molar-refractivity contribution in [2.75, 3.05) is 7.11 Å². The molecule has 0 spiro atoms. The van der Waals surface area contributed by atoms with Crippen molar-refractivity contribution in [2.24, 2.45) is 0 Å². The summed E-state index contributed by atoms with van der Waals surface area (Å²) in [6, 6.07) is 17.6. The van der Waals surface area contributed by atoms with Gasteiger partial charge in [0, 0.05) is 19.4 Å². The zero-order valence-corrected chi connectivity index (χ0v) is 21.0. The van der Waals surface area contributed by atoms with E-state index in [9.17, 15) is 28.9 Å². The summed E-state index contributed by atoms with van der Waals surface area (Å²) in [5.41, 5.74) is -1.93. The van der Waals surface area contributed by atoms with E-state index in [4.69, 9.17) is 0 Å². The molecular formula is C22H20N2NaO7P. The fraction of sp³-hybridized carbons (Fsp3) is 0.136. The van der Waals surface area contributed by atoms with Crippen molar-refractivity contribution in [3.63, 3.8) is 0 Å². The Morgan fingerprint density at radius 3 is 2.06 bits per heavy atom. The monoisotopic (exact) mass is 478 g/mol. The standard InChI is InChI=1S/C22H21N2O7P.Na/c1-31-32(29,30)20(26)12-19(25)18-15-23(13-16-8-4-2-5-9-16)22(28)24(21(18)27)14-17-10-6-3-7-11-17;/h2-12,15,26H,13-14H2,1H3,(H,29,30);/q;+1/p-1/b20-12-;. The number of aromatic nitrogens is 2. The number of aliphatic hydroxyl groups is 1. The molecule has 0 radical (unpaired) electrons. The van der Waals surface area contributed by atoms with Crippen LogP contribution in [0.2, 0.25) is 0 Å². The van der Waals surface area contributed by atoms with E-state index < -0.39 is 35.7 Å². The quantitative estimate of drug-likeness (QED) is 0.143. The first-order valence-corrected chi connectivity index (χ1v) is 11.0. The maximum absolute atomic E-state index is 13.0. The number of ketones is 1. The van der Waals surface area contributed by atoms with Gasteiger partial charge in [0.1, 0.15) is 5.56 Å². The van der Waals surface area contributed by atoms with Crippen molar-refractivity contribution in [3.8, 4) is 0 Å². The fourth-order valence-electron chi connectivity index (χ4n) is 2.99. The Morgan fingerprint density at radius 2 is 1.55 bits per heavy atom. The van der Waals surface area contributed by atoms with Crippen molar-refractivity contribution < 1.29 is 53.4 Å². The summed E-state index contributed by atoms with van der Waals surface area (Å²) in [5, 5.41) is 9.73.